The Bertz CT molecular complexity index is 387. The molecule has 18 heavy (non-hydrogen) atoms. The van der Waals surface area contributed by atoms with E-state index in [0.717, 1.165) is 18.2 Å². The van der Waals surface area contributed by atoms with Gasteiger partial charge in [-0.15, -0.1) is 25.6 Å². The molecule has 0 unspecified atom stereocenters. The quantitative estimate of drug-likeness (QED) is 0.838. The fraction of sp³-hybridized carbons (Fsp3) is 0.400. The lowest BCUT2D eigenvalue weighted by atomic mass is 10.0. The Kier molecular flexibility index (Phi) is 6.37. The van der Waals surface area contributed by atoms with Gasteiger partial charge in [-0.25, -0.2) is 4.39 Å². The molecule has 0 aliphatic rings. The third kappa shape index (κ3) is 5.07. The second-order valence-electron chi connectivity index (χ2n) is 3.35. The number of alkyl halides is 3. The maximum atomic E-state index is 13.3. The first-order chi connectivity index (χ1) is 7.83. The van der Waals surface area contributed by atoms with Gasteiger partial charge in [0.15, 0.2) is 0 Å². The number of benzene rings is 1. The average molecular weight is 290 g/mol. The number of hydrogen-bond donors (Lipinski definition) is 2. The van der Waals surface area contributed by atoms with Gasteiger partial charge in [0.1, 0.15) is 11.6 Å². The Labute approximate surface area is 107 Å². The van der Waals surface area contributed by atoms with Crippen LogP contribution >= 0.6 is 12.4 Å². The topological polar surface area (TPSA) is 55.5 Å². The van der Waals surface area contributed by atoms with Crippen molar-refractivity contribution in [2.24, 2.45) is 5.73 Å². The van der Waals surface area contributed by atoms with Crippen molar-refractivity contribution in [1.29, 1.82) is 0 Å². The molecule has 0 fully saturated rings. The maximum Gasteiger partial charge on any atom is 0.573 e. The Hall–Kier alpha value is -1.05. The van der Waals surface area contributed by atoms with Crippen LogP contribution in [0, 0.1) is 5.82 Å². The highest BCUT2D eigenvalue weighted by atomic mass is 35.5. The molecule has 1 aromatic carbocycles. The molecule has 0 saturated heterocycles. The van der Waals surface area contributed by atoms with Crippen LogP contribution in [0.3, 0.4) is 0 Å². The molecule has 104 valence electrons. The number of aliphatic hydroxyl groups is 1. The summed E-state index contributed by atoms with van der Waals surface area (Å²) < 4.78 is 52.7. The first-order valence-electron chi connectivity index (χ1n) is 4.75. The third-order valence-corrected chi connectivity index (χ3v) is 2.04. The van der Waals surface area contributed by atoms with Crippen molar-refractivity contribution in [3.63, 3.8) is 0 Å². The Morgan fingerprint density at radius 1 is 1.33 bits per heavy atom. The number of halogens is 5. The molecule has 1 aromatic rings. The number of rotatable bonds is 4. The van der Waals surface area contributed by atoms with Crippen LogP contribution in [0.4, 0.5) is 17.6 Å². The van der Waals surface area contributed by atoms with Gasteiger partial charge >= 0.3 is 6.36 Å². The fourth-order valence-electron chi connectivity index (χ4n) is 1.30. The summed E-state index contributed by atoms with van der Waals surface area (Å²) >= 11 is 0. The van der Waals surface area contributed by atoms with Gasteiger partial charge < -0.3 is 15.6 Å². The highest BCUT2D eigenvalue weighted by Gasteiger charge is 2.31. The van der Waals surface area contributed by atoms with Crippen LogP contribution in [0.1, 0.15) is 18.0 Å². The Morgan fingerprint density at radius 3 is 2.44 bits per heavy atom. The van der Waals surface area contributed by atoms with E-state index in [1.165, 1.54) is 0 Å². The molecule has 3 nitrogen and oxygen atoms in total. The van der Waals surface area contributed by atoms with Crippen molar-refractivity contribution in [2.45, 2.75) is 18.8 Å². The number of aliphatic hydroxyl groups excluding tert-OH is 1. The molecule has 0 amide bonds. The van der Waals surface area contributed by atoms with E-state index in [0.29, 0.717) is 0 Å². The van der Waals surface area contributed by atoms with Gasteiger partial charge in [-0.3, -0.25) is 0 Å². The number of hydrogen-bond acceptors (Lipinski definition) is 3. The molecule has 0 heterocycles. The molecule has 0 radical (unpaired) electrons. The van der Waals surface area contributed by atoms with Gasteiger partial charge in [0.2, 0.25) is 0 Å². The SMILES string of the molecule is Cl.N[C@@H](CCO)c1cc(OC(F)(F)F)ccc1F. The average Bonchev–Trinajstić information content (AvgIpc) is 2.19. The van der Waals surface area contributed by atoms with Crippen molar-refractivity contribution in [3.8, 4) is 5.75 Å². The summed E-state index contributed by atoms with van der Waals surface area (Å²) in [5.41, 5.74) is 5.38. The minimum Gasteiger partial charge on any atom is -0.406 e. The first-order valence-corrected chi connectivity index (χ1v) is 4.75. The van der Waals surface area contributed by atoms with Crippen molar-refractivity contribution >= 4 is 12.4 Å². The van der Waals surface area contributed by atoms with Gasteiger partial charge in [0.25, 0.3) is 0 Å². The van der Waals surface area contributed by atoms with E-state index in [1.54, 1.807) is 0 Å². The van der Waals surface area contributed by atoms with Gasteiger partial charge in [-0.2, -0.15) is 0 Å². The van der Waals surface area contributed by atoms with Crippen LogP contribution in [0.25, 0.3) is 0 Å². The molecule has 0 bridgehead atoms. The molecule has 0 saturated carbocycles. The van der Waals surface area contributed by atoms with Crippen molar-refractivity contribution in [3.05, 3.63) is 29.6 Å². The predicted molar refractivity (Wildman–Crippen MR) is 59.0 cm³/mol. The van der Waals surface area contributed by atoms with Crippen molar-refractivity contribution in [2.75, 3.05) is 6.61 Å². The summed E-state index contributed by atoms with van der Waals surface area (Å²) in [7, 11) is 0. The molecular formula is C10H12ClF4NO2. The van der Waals surface area contributed by atoms with E-state index in [4.69, 9.17) is 10.8 Å². The molecule has 0 aromatic heterocycles. The van der Waals surface area contributed by atoms with Gasteiger partial charge in [-0.05, 0) is 24.6 Å². The molecule has 0 aliphatic heterocycles. The molecular weight excluding hydrogens is 278 g/mol. The summed E-state index contributed by atoms with van der Waals surface area (Å²) in [6, 6.07) is 1.70. The second kappa shape index (κ2) is 6.77. The van der Waals surface area contributed by atoms with Crippen LogP contribution < -0.4 is 10.5 Å². The van der Waals surface area contributed by atoms with E-state index in [-0.39, 0.29) is 31.0 Å². The van der Waals surface area contributed by atoms with Crippen LogP contribution in [-0.2, 0) is 0 Å². The van der Waals surface area contributed by atoms with Crippen molar-refractivity contribution < 1.29 is 27.4 Å². The van der Waals surface area contributed by atoms with Crippen LogP contribution in [0.2, 0.25) is 0 Å². The van der Waals surface area contributed by atoms with E-state index in [9.17, 15) is 17.6 Å². The lowest BCUT2D eigenvalue weighted by Gasteiger charge is -2.14. The number of ether oxygens (including phenoxy) is 1. The van der Waals surface area contributed by atoms with E-state index in [2.05, 4.69) is 4.74 Å². The van der Waals surface area contributed by atoms with E-state index < -0.39 is 24.0 Å². The number of nitrogens with two attached hydrogens (primary N) is 1. The monoisotopic (exact) mass is 289 g/mol. The minimum atomic E-state index is -4.84. The third-order valence-electron chi connectivity index (χ3n) is 2.04. The first kappa shape index (κ1) is 16.9. The van der Waals surface area contributed by atoms with Gasteiger partial charge in [0, 0.05) is 18.2 Å². The highest BCUT2D eigenvalue weighted by Crippen LogP contribution is 2.27. The molecule has 3 N–H and O–H groups in total. The summed E-state index contributed by atoms with van der Waals surface area (Å²) in [4.78, 5) is 0. The Balaban J connectivity index is 0.00000289. The van der Waals surface area contributed by atoms with E-state index >= 15 is 0 Å². The van der Waals surface area contributed by atoms with Crippen LogP contribution in [0.5, 0.6) is 5.75 Å². The van der Waals surface area contributed by atoms with E-state index in [1.807, 2.05) is 0 Å². The smallest absolute Gasteiger partial charge is 0.406 e. The predicted octanol–water partition coefficient (Wildman–Crippen LogP) is 2.53. The van der Waals surface area contributed by atoms with Crippen LogP contribution in [-0.4, -0.2) is 18.1 Å². The largest absolute Gasteiger partial charge is 0.573 e. The summed E-state index contributed by atoms with van der Waals surface area (Å²) in [6.07, 6.45) is -4.79. The molecule has 0 spiro atoms. The summed E-state index contributed by atoms with van der Waals surface area (Å²) in [5, 5.41) is 8.63. The van der Waals surface area contributed by atoms with Crippen LogP contribution in [0.15, 0.2) is 18.2 Å². The molecule has 0 aliphatic carbocycles. The van der Waals surface area contributed by atoms with Gasteiger partial charge in [0.05, 0.1) is 0 Å². The summed E-state index contributed by atoms with van der Waals surface area (Å²) in [5.74, 6) is -1.28. The van der Waals surface area contributed by atoms with Crippen molar-refractivity contribution in [1.82, 2.24) is 0 Å². The second-order valence-corrected chi connectivity index (χ2v) is 3.35. The zero-order valence-electron chi connectivity index (χ0n) is 9.08. The summed E-state index contributed by atoms with van der Waals surface area (Å²) in [6.45, 7) is -0.287. The normalized spacial score (nSPS) is 12.8. The van der Waals surface area contributed by atoms with Gasteiger partial charge in [-0.1, -0.05) is 0 Å². The standard InChI is InChI=1S/C10H11F4NO2.ClH/c11-8-2-1-6(17-10(12,13)14)5-7(8)9(15)3-4-16;/h1-2,5,9,16H,3-4,15H2;1H/t9-;/m0./s1. The molecule has 1 atom stereocenters. The fourth-order valence-corrected chi connectivity index (χ4v) is 1.30. The zero-order chi connectivity index (χ0) is 13.1. The lowest BCUT2D eigenvalue weighted by molar-refractivity contribution is -0.274. The molecule has 8 heteroatoms. The Morgan fingerprint density at radius 2 is 1.94 bits per heavy atom. The lowest BCUT2D eigenvalue weighted by Crippen LogP contribution is -2.18. The zero-order valence-corrected chi connectivity index (χ0v) is 9.89. The maximum absolute atomic E-state index is 13.3. The molecule has 1 rings (SSSR count). The minimum absolute atomic E-state index is 0. The highest BCUT2D eigenvalue weighted by molar-refractivity contribution is 5.85.